The third-order valence-electron chi connectivity index (χ3n) is 3.01. The molecule has 16 heavy (non-hydrogen) atoms. The van der Waals surface area contributed by atoms with E-state index in [1.807, 2.05) is 6.08 Å². The molecular formula is C13H27BN2. The summed E-state index contributed by atoms with van der Waals surface area (Å²) in [6, 6.07) is 1.51. The predicted octanol–water partition coefficient (Wildman–Crippen LogP) is 2.50. The highest BCUT2D eigenvalue weighted by molar-refractivity contribution is 6.04. The molecule has 0 aliphatic carbocycles. The molecule has 1 N–H and O–H groups in total. The minimum absolute atomic E-state index is 0.256. The van der Waals surface area contributed by atoms with E-state index in [9.17, 15) is 0 Å². The van der Waals surface area contributed by atoms with E-state index in [1.165, 1.54) is 19.4 Å². The van der Waals surface area contributed by atoms with Gasteiger partial charge in [-0.15, -0.1) is 6.58 Å². The third-order valence-corrected chi connectivity index (χ3v) is 3.01. The molecular weight excluding hydrogens is 195 g/mol. The lowest BCUT2D eigenvalue weighted by atomic mass is 10.1. The largest absolute Gasteiger partial charge is 0.361 e. The lowest BCUT2D eigenvalue weighted by Crippen LogP contribution is -2.37. The van der Waals surface area contributed by atoms with E-state index in [0.29, 0.717) is 12.1 Å². The molecule has 0 aromatic carbocycles. The molecule has 1 unspecified atom stereocenters. The van der Waals surface area contributed by atoms with Gasteiger partial charge in [0, 0.05) is 18.1 Å². The number of hydrogen-bond donors (Lipinski definition) is 1. The fourth-order valence-electron chi connectivity index (χ4n) is 2.04. The first-order valence-electron chi connectivity index (χ1n) is 6.37. The first-order chi connectivity index (χ1) is 7.52. The van der Waals surface area contributed by atoms with E-state index in [2.05, 4.69) is 44.4 Å². The summed E-state index contributed by atoms with van der Waals surface area (Å²) >= 11 is 0. The molecule has 2 nitrogen and oxygen atoms in total. The van der Waals surface area contributed by atoms with E-state index in [4.69, 9.17) is 7.98 Å². The summed E-state index contributed by atoms with van der Waals surface area (Å²) in [6.07, 6.45) is 5.37. The van der Waals surface area contributed by atoms with Crippen molar-refractivity contribution in [2.75, 3.05) is 6.54 Å². The van der Waals surface area contributed by atoms with Crippen molar-refractivity contribution in [1.29, 1.82) is 0 Å². The van der Waals surface area contributed by atoms with Crippen LogP contribution in [0.25, 0.3) is 0 Å². The fraction of sp³-hybridized carbons (Fsp3) is 0.846. The fourth-order valence-corrected chi connectivity index (χ4v) is 2.04. The Bertz CT molecular complexity index is 173. The Morgan fingerprint density at radius 2 is 1.75 bits per heavy atom. The second-order valence-corrected chi connectivity index (χ2v) is 4.93. The van der Waals surface area contributed by atoms with Crippen LogP contribution < -0.4 is 5.23 Å². The molecule has 92 valence electrons. The Balaban J connectivity index is 3.74. The highest BCUT2D eigenvalue weighted by atomic mass is 15.2. The molecule has 0 aliphatic heterocycles. The highest BCUT2D eigenvalue weighted by Gasteiger charge is 2.12. The number of hydrogen-bond acceptors (Lipinski definition) is 2. The summed E-state index contributed by atoms with van der Waals surface area (Å²) in [5.74, 6) is 0. The van der Waals surface area contributed by atoms with Crippen molar-refractivity contribution in [2.45, 2.75) is 65.1 Å². The Morgan fingerprint density at radius 3 is 2.12 bits per heavy atom. The van der Waals surface area contributed by atoms with Gasteiger partial charge in [-0.3, -0.25) is 4.90 Å². The standard InChI is InChI=1S/C13H27BN2/c1-6-13(15-14)9-7-8-10-16(11(2)3)12(4)5/h6,11-13,15H,1,7-10H2,2-5H3. The van der Waals surface area contributed by atoms with Gasteiger partial charge in [0.05, 0.1) is 0 Å². The van der Waals surface area contributed by atoms with Crippen molar-refractivity contribution >= 4 is 7.98 Å². The van der Waals surface area contributed by atoms with Crippen LogP contribution in [0.2, 0.25) is 0 Å². The van der Waals surface area contributed by atoms with Crippen LogP contribution in [-0.2, 0) is 0 Å². The van der Waals surface area contributed by atoms with E-state index >= 15 is 0 Å². The molecule has 0 aromatic rings. The molecule has 2 radical (unpaired) electrons. The molecule has 0 aliphatic rings. The van der Waals surface area contributed by atoms with Crippen molar-refractivity contribution in [2.24, 2.45) is 0 Å². The highest BCUT2D eigenvalue weighted by Crippen LogP contribution is 2.09. The molecule has 0 aromatic heterocycles. The summed E-state index contributed by atoms with van der Waals surface area (Å²) < 4.78 is 0. The SMILES string of the molecule is [B]NC(C=C)CCCCN(C(C)C)C(C)C. The molecule has 3 heteroatoms. The monoisotopic (exact) mass is 222 g/mol. The van der Waals surface area contributed by atoms with Gasteiger partial charge in [-0.1, -0.05) is 12.5 Å². The van der Waals surface area contributed by atoms with Crippen LogP contribution >= 0.6 is 0 Å². The Kier molecular flexibility index (Phi) is 8.68. The van der Waals surface area contributed by atoms with E-state index < -0.39 is 0 Å². The van der Waals surface area contributed by atoms with Gasteiger partial charge in [-0.05, 0) is 47.1 Å². The number of nitrogens with one attached hydrogen (secondary N) is 1. The predicted molar refractivity (Wildman–Crippen MR) is 73.7 cm³/mol. The van der Waals surface area contributed by atoms with Crippen LogP contribution in [0.3, 0.4) is 0 Å². The number of rotatable bonds is 9. The smallest absolute Gasteiger partial charge is 0.178 e. The second-order valence-electron chi connectivity index (χ2n) is 4.93. The van der Waals surface area contributed by atoms with Gasteiger partial charge in [0.1, 0.15) is 0 Å². The molecule has 0 spiro atoms. The van der Waals surface area contributed by atoms with Crippen LogP contribution in [-0.4, -0.2) is 37.6 Å². The minimum Gasteiger partial charge on any atom is -0.361 e. The minimum atomic E-state index is 0.256. The van der Waals surface area contributed by atoms with Gasteiger partial charge in [0.15, 0.2) is 7.98 Å². The zero-order valence-electron chi connectivity index (χ0n) is 11.4. The lowest BCUT2D eigenvalue weighted by Gasteiger charge is -2.30. The van der Waals surface area contributed by atoms with Crippen molar-refractivity contribution in [3.05, 3.63) is 12.7 Å². The molecule has 0 rings (SSSR count). The van der Waals surface area contributed by atoms with Crippen LogP contribution in [0.15, 0.2) is 12.7 Å². The average Bonchev–Trinajstić information content (AvgIpc) is 2.22. The van der Waals surface area contributed by atoms with Crippen LogP contribution in [0.5, 0.6) is 0 Å². The van der Waals surface area contributed by atoms with E-state index in [-0.39, 0.29) is 6.04 Å². The van der Waals surface area contributed by atoms with Gasteiger partial charge in [0.2, 0.25) is 0 Å². The maximum atomic E-state index is 5.39. The Hall–Kier alpha value is -0.275. The van der Waals surface area contributed by atoms with Crippen LogP contribution in [0, 0.1) is 0 Å². The maximum absolute atomic E-state index is 5.39. The van der Waals surface area contributed by atoms with Crippen molar-refractivity contribution in [3.63, 3.8) is 0 Å². The van der Waals surface area contributed by atoms with Crippen LogP contribution in [0.1, 0.15) is 47.0 Å². The van der Waals surface area contributed by atoms with Gasteiger partial charge in [0.25, 0.3) is 0 Å². The second kappa shape index (κ2) is 8.83. The summed E-state index contributed by atoms with van der Waals surface area (Å²) in [6.45, 7) is 14.0. The summed E-state index contributed by atoms with van der Waals surface area (Å²) in [5, 5.41) is 2.75. The van der Waals surface area contributed by atoms with Gasteiger partial charge in [-0.25, -0.2) is 0 Å². The van der Waals surface area contributed by atoms with E-state index in [0.717, 1.165) is 6.42 Å². The third kappa shape index (κ3) is 6.34. The Morgan fingerprint density at radius 1 is 1.19 bits per heavy atom. The first kappa shape index (κ1) is 15.7. The van der Waals surface area contributed by atoms with Crippen LogP contribution in [0.4, 0.5) is 0 Å². The van der Waals surface area contributed by atoms with Crippen molar-refractivity contribution in [1.82, 2.24) is 10.1 Å². The number of unbranched alkanes of at least 4 members (excludes halogenated alkanes) is 1. The Labute approximate surface area is 103 Å². The molecule has 0 saturated carbocycles. The molecule has 0 bridgehead atoms. The molecule has 0 saturated heterocycles. The molecule has 0 fully saturated rings. The molecule has 0 heterocycles. The summed E-state index contributed by atoms with van der Waals surface area (Å²) in [7, 11) is 5.39. The summed E-state index contributed by atoms with van der Waals surface area (Å²) in [4.78, 5) is 2.53. The van der Waals surface area contributed by atoms with Gasteiger partial charge < -0.3 is 5.23 Å². The molecule has 1 atom stereocenters. The summed E-state index contributed by atoms with van der Waals surface area (Å²) in [5.41, 5.74) is 0. The average molecular weight is 222 g/mol. The number of nitrogens with zero attached hydrogens (tertiary/aromatic N) is 1. The van der Waals surface area contributed by atoms with Gasteiger partial charge in [-0.2, -0.15) is 0 Å². The van der Waals surface area contributed by atoms with Crippen molar-refractivity contribution in [3.8, 4) is 0 Å². The first-order valence-corrected chi connectivity index (χ1v) is 6.37. The van der Waals surface area contributed by atoms with Gasteiger partial charge >= 0.3 is 0 Å². The topological polar surface area (TPSA) is 15.3 Å². The quantitative estimate of drug-likeness (QED) is 0.366. The molecule has 0 amide bonds. The normalized spacial score (nSPS) is 13.7. The van der Waals surface area contributed by atoms with E-state index in [1.54, 1.807) is 0 Å². The lowest BCUT2D eigenvalue weighted by molar-refractivity contribution is 0.171. The maximum Gasteiger partial charge on any atom is 0.178 e. The zero-order valence-corrected chi connectivity index (χ0v) is 11.4. The van der Waals surface area contributed by atoms with Crippen molar-refractivity contribution < 1.29 is 0 Å². The zero-order chi connectivity index (χ0) is 12.6.